The number of halogens is 6. The van der Waals surface area contributed by atoms with Crippen LogP contribution in [0.3, 0.4) is 0 Å². The van der Waals surface area contributed by atoms with Gasteiger partial charge in [-0.1, -0.05) is 12.1 Å². The van der Waals surface area contributed by atoms with Gasteiger partial charge in [0.1, 0.15) is 5.82 Å². The summed E-state index contributed by atoms with van der Waals surface area (Å²) in [5, 5.41) is 16.4. The monoisotopic (exact) mass is 612 g/mol. The topological polar surface area (TPSA) is 114 Å². The van der Waals surface area contributed by atoms with Crippen molar-refractivity contribution in [3.8, 4) is 0 Å². The molecule has 2 aromatic rings. The normalized spacial score (nSPS) is 20.9. The van der Waals surface area contributed by atoms with Crippen molar-refractivity contribution < 1.29 is 50.9 Å². The van der Waals surface area contributed by atoms with Crippen LogP contribution in [0.15, 0.2) is 41.9 Å². The number of carboxylic acid groups (broad SMARTS) is 2. The Hall–Kier alpha value is -3.40. The van der Waals surface area contributed by atoms with Crippen molar-refractivity contribution in [3.05, 3.63) is 46.8 Å². The molecule has 0 aromatic carbocycles. The highest BCUT2D eigenvalue weighted by Gasteiger charge is 2.53. The van der Waals surface area contributed by atoms with Gasteiger partial charge in [0.2, 0.25) is 5.91 Å². The van der Waals surface area contributed by atoms with Crippen LogP contribution in [0, 0.1) is 11.3 Å². The molecule has 0 bridgehead atoms. The van der Waals surface area contributed by atoms with E-state index in [4.69, 9.17) is 19.8 Å². The first-order chi connectivity index (χ1) is 19.0. The predicted octanol–water partition coefficient (Wildman–Crippen LogP) is 4.22. The molecule has 9 nitrogen and oxygen atoms in total. The number of fused-ring (bicyclic) bond motifs is 1. The lowest BCUT2D eigenvalue weighted by molar-refractivity contribution is -0.193. The van der Waals surface area contributed by atoms with E-state index in [-0.39, 0.29) is 11.3 Å². The van der Waals surface area contributed by atoms with Crippen molar-refractivity contribution in [1.29, 1.82) is 0 Å². The van der Waals surface area contributed by atoms with Gasteiger partial charge in [0.25, 0.3) is 0 Å². The highest BCUT2D eigenvalue weighted by molar-refractivity contribution is 7.09. The molecule has 4 rings (SSSR count). The number of nitrogens with zero attached hydrogens (tertiary/aromatic N) is 4. The van der Waals surface area contributed by atoms with Gasteiger partial charge in [-0.15, -0.1) is 11.3 Å². The van der Waals surface area contributed by atoms with Gasteiger partial charge >= 0.3 is 24.3 Å². The minimum atomic E-state index is -5.08. The number of likely N-dealkylation sites (tertiary alicyclic amines) is 1. The van der Waals surface area contributed by atoms with Crippen LogP contribution in [0.2, 0.25) is 0 Å². The molecule has 0 radical (unpaired) electrons. The standard InChI is InChI=1S/C21H28N4OS.2C2HF3O2/c1-23(2)20(26)21-9-6-11-24(15-18-7-5-12-27-18)13-17(21)14-25(16-21)19-8-3-4-10-22-19;2*3-2(4,5)1(6)7/h3-5,7-8,10,12,17H,6,9,11,13-16H2,1-2H3;2*(H,6,7)/t17-,21-;;/m0../s1. The van der Waals surface area contributed by atoms with Crippen molar-refractivity contribution in [2.45, 2.75) is 31.7 Å². The Bertz CT molecular complexity index is 1120. The lowest BCUT2D eigenvalue weighted by Crippen LogP contribution is -2.47. The van der Waals surface area contributed by atoms with Gasteiger partial charge in [-0.3, -0.25) is 9.69 Å². The second kappa shape index (κ2) is 14.0. The van der Waals surface area contributed by atoms with Gasteiger partial charge in [-0.25, -0.2) is 14.6 Å². The van der Waals surface area contributed by atoms with Gasteiger partial charge in [0, 0.05) is 57.3 Å². The third kappa shape index (κ3) is 9.59. The molecule has 1 amide bonds. The molecule has 2 atom stereocenters. The van der Waals surface area contributed by atoms with E-state index in [2.05, 4.69) is 38.4 Å². The first-order valence-corrected chi connectivity index (χ1v) is 13.1. The van der Waals surface area contributed by atoms with Crippen molar-refractivity contribution in [1.82, 2.24) is 14.8 Å². The van der Waals surface area contributed by atoms with Crippen LogP contribution in [0.4, 0.5) is 32.2 Å². The lowest BCUT2D eigenvalue weighted by atomic mass is 9.74. The summed E-state index contributed by atoms with van der Waals surface area (Å²) in [5.41, 5.74) is -0.300. The molecule has 2 N–H and O–H groups in total. The number of hydrogen-bond donors (Lipinski definition) is 2. The molecule has 16 heteroatoms. The molecule has 0 spiro atoms. The smallest absolute Gasteiger partial charge is 0.475 e. The summed E-state index contributed by atoms with van der Waals surface area (Å²) in [6.07, 6.45) is -6.30. The zero-order valence-electron chi connectivity index (χ0n) is 22.2. The number of aliphatic carboxylic acids is 2. The van der Waals surface area contributed by atoms with Crippen molar-refractivity contribution in [3.63, 3.8) is 0 Å². The summed E-state index contributed by atoms with van der Waals surface area (Å²) >= 11 is 1.82. The molecule has 2 aliphatic rings. The predicted molar refractivity (Wildman–Crippen MR) is 137 cm³/mol. The molecule has 2 aromatic heterocycles. The average molecular weight is 613 g/mol. The second-order valence-electron chi connectivity index (χ2n) is 9.64. The number of thiophene rings is 1. The number of amides is 1. The summed E-state index contributed by atoms with van der Waals surface area (Å²) < 4.78 is 63.5. The average Bonchev–Trinajstić information content (AvgIpc) is 3.48. The Morgan fingerprint density at radius 2 is 1.63 bits per heavy atom. The van der Waals surface area contributed by atoms with Gasteiger partial charge in [0.05, 0.1) is 5.41 Å². The molecule has 228 valence electrons. The summed E-state index contributed by atoms with van der Waals surface area (Å²) in [5.74, 6) is -3.91. The maximum absolute atomic E-state index is 13.3. The zero-order chi connectivity index (χ0) is 31.0. The van der Waals surface area contributed by atoms with Crippen molar-refractivity contribution >= 4 is 35.0 Å². The maximum Gasteiger partial charge on any atom is 0.490 e. The van der Waals surface area contributed by atoms with Crippen LogP contribution in [0.1, 0.15) is 17.7 Å². The minimum Gasteiger partial charge on any atom is -0.475 e. The summed E-state index contributed by atoms with van der Waals surface area (Å²) in [7, 11) is 3.79. The Morgan fingerprint density at radius 3 is 2.10 bits per heavy atom. The molecule has 2 fully saturated rings. The number of carboxylic acids is 2. The van der Waals surface area contributed by atoms with E-state index in [9.17, 15) is 31.1 Å². The van der Waals surface area contributed by atoms with Gasteiger partial charge in [-0.2, -0.15) is 26.3 Å². The van der Waals surface area contributed by atoms with Crippen LogP contribution < -0.4 is 4.90 Å². The molecule has 0 saturated carbocycles. The number of pyridine rings is 1. The summed E-state index contributed by atoms with van der Waals surface area (Å²) in [4.78, 5) is 43.7. The van der Waals surface area contributed by atoms with E-state index < -0.39 is 24.3 Å². The summed E-state index contributed by atoms with van der Waals surface area (Å²) in [6, 6.07) is 10.4. The van der Waals surface area contributed by atoms with Crippen molar-refractivity contribution in [2.24, 2.45) is 11.3 Å². The number of anilines is 1. The number of alkyl halides is 6. The second-order valence-corrected chi connectivity index (χ2v) is 10.7. The van der Waals surface area contributed by atoms with Crippen LogP contribution in [-0.4, -0.2) is 95.5 Å². The maximum atomic E-state index is 13.3. The molecular formula is C25H30F6N4O5S. The Balaban J connectivity index is 0.000000349. The third-order valence-corrected chi connectivity index (χ3v) is 7.38. The molecule has 0 unspecified atom stereocenters. The van der Waals surface area contributed by atoms with Gasteiger partial charge in [-0.05, 0) is 43.0 Å². The zero-order valence-corrected chi connectivity index (χ0v) is 23.0. The van der Waals surface area contributed by atoms with E-state index >= 15 is 0 Å². The molecule has 2 aliphatic heterocycles. The quantitative estimate of drug-likeness (QED) is 0.494. The number of carbonyl (C=O) groups excluding carboxylic acids is 1. The highest BCUT2D eigenvalue weighted by Crippen LogP contribution is 2.45. The number of hydrogen-bond acceptors (Lipinski definition) is 7. The number of aromatic nitrogens is 1. The first kappa shape index (κ1) is 33.8. The fourth-order valence-electron chi connectivity index (χ4n) is 4.79. The number of carbonyl (C=O) groups is 3. The van der Waals surface area contributed by atoms with Crippen molar-refractivity contribution in [2.75, 3.05) is 45.2 Å². The van der Waals surface area contributed by atoms with E-state index in [0.717, 1.165) is 51.4 Å². The van der Waals surface area contributed by atoms with E-state index in [1.54, 1.807) is 4.90 Å². The van der Waals surface area contributed by atoms with Crippen LogP contribution in [0.25, 0.3) is 0 Å². The van der Waals surface area contributed by atoms with Gasteiger partial charge < -0.3 is 20.0 Å². The van der Waals surface area contributed by atoms with E-state index in [0.29, 0.717) is 5.92 Å². The molecule has 0 aliphatic carbocycles. The first-order valence-electron chi connectivity index (χ1n) is 12.2. The number of rotatable bonds is 4. The highest BCUT2D eigenvalue weighted by atomic mass is 32.1. The largest absolute Gasteiger partial charge is 0.490 e. The minimum absolute atomic E-state index is 0.281. The van der Waals surface area contributed by atoms with Gasteiger partial charge in [0.15, 0.2) is 0 Å². The molecule has 4 heterocycles. The SMILES string of the molecule is CN(C)C(=O)[C@]12CCCN(Cc3cccs3)C[C@H]1CN(c1ccccn1)C2.O=C(O)C(F)(F)F.O=C(O)C(F)(F)F. The lowest BCUT2D eigenvalue weighted by Gasteiger charge is -2.34. The molecular weight excluding hydrogens is 582 g/mol. The van der Waals surface area contributed by atoms with Crippen LogP contribution >= 0.6 is 11.3 Å². The van der Waals surface area contributed by atoms with E-state index in [1.165, 1.54) is 4.88 Å². The Labute approximate surface area is 236 Å². The third-order valence-electron chi connectivity index (χ3n) is 6.52. The molecule has 41 heavy (non-hydrogen) atoms. The summed E-state index contributed by atoms with van der Waals surface area (Å²) in [6.45, 7) is 4.71. The molecule has 2 saturated heterocycles. The Morgan fingerprint density at radius 1 is 1.02 bits per heavy atom. The fraction of sp³-hybridized carbons (Fsp3) is 0.520. The van der Waals surface area contributed by atoms with E-state index in [1.807, 2.05) is 43.8 Å². The van der Waals surface area contributed by atoms with Crippen LogP contribution in [0.5, 0.6) is 0 Å². The Kier molecular flexibility index (Phi) is 11.5. The fourth-order valence-corrected chi connectivity index (χ4v) is 5.53. The van der Waals surface area contributed by atoms with Crippen LogP contribution in [-0.2, 0) is 20.9 Å².